The molecule has 6 nitrogen and oxygen atoms in total. The van der Waals surface area contributed by atoms with Crippen LogP contribution in [0.4, 0.5) is 0 Å². The molecule has 0 atom stereocenters. The summed E-state index contributed by atoms with van der Waals surface area (Å²) in [6.07, 6.45) is 0.803. The van der Waals surface area contributed by atoms with Gasteiger partial charge in [0, 0.05) is 27.4 Å². The van der Waals surface area contributed by atoms with Gasteiger partial charge in [0.15, 0.2) is 0 Å². The fourth-order valence-corrected chi connectivity index (χ4v) is 2.18. The minimum Gasteiger partial charge on any atom is -0.385 e. The number of ether oxygens (including phenoxy) is 2. The highest BCUT2D eigenvalue weighted by Gasteiger charge is 2.12. The van der Waals surface area contributed by atoms with Crippen LogP contribution in [-0.2, 0) is 27.4 Å². The van der Waals surface area contributed by atoms with Crippen LogP contribution in [0.3, 0.4) is 0 Å². The first-order valence-electron chi connectivity index (χ1n) is 6.95. The van der Waals surface area contributed by atoms with E-state index in [2.05, 4.69) is 10.3 Å². The van der Waals surface area contributed by atoms with Crippen molar-refractivity contribution in [2.75, 3.05) is 27.4 Å². The summed E-state index contributed by atoms with van der Waals surface area (Å²) in [6.45, 7) is 1.87. The van der Waals surface area contributed by atoms with E-state index in [-0.39, 0.29) is 12.5 Å². The molecule has 0 saturated carbocycles. The van der Waals surface area contributed by atoms with Crippen LogP contribution >= 0.6 is 0 Å². The second-order valence-electron chi connectivity index (χ2n) is 4.73. The van der Waals surface area contributed by atoms with Gasteiger partial charge in [0.1, 0.15) is 19.0 Å². The van der Waals surface area contributed by atoms with Gasteiger partial charge in [-0.25, -0.2) is 4.98 Å². The van der Waals surface area contributed by atoms with Crippen LogP contribution in [0.1, 0.15) is 12.2 Å². The Hall–Kier alpha value is -1.92. The molecule has 0 saturated heterocycles. The maximum absolute atomic E-state index is 12.0. The molecule has 0 fully saturated rings. The van der Waals surface area contributed by atoms with Gasteiger partial charge >= 0.3 is 0 Å². The van der Waals surface area contributed by atoms with E-state index in [1.807, 2.05) is 28.8 Å². The Kier molecular flexibility index (Phi) is 5.71. The first-order chi connectivity index (χ1) is 10.3. The van der Waals surface area contributed by atoms with Crippen molar-refractivity contribution >= 4 is 16.9 Å². The third kappa shape index (κ3) is 4.03. The van der Waals surface area contributed by atoms with Crippen molar-refractivity contribution < 1.29 is 14.3 Å². The molecule has 0 aliphatic carbocycles. The van der Waals surface area contributed by atoms with Gasteiger partial charge in [-0.3, -0.25) is 4.79 Å². The Morgan fingerprint density at radius 3 is 2.86 bits per heavy atom. The Morgan fingerprint density at radius 1 is 1.29 bits per heavy atom. The van der Waals surface area contributed by atoms with Crippen molar-refractivity contribution in [3.05, 3.63) is 30.1 Å². The van der Waals surface area contributed by atoms with Crippen LogP contribution in [0.25, 0.3) is 11.0 Å². The van der Waals surface area contributed by atoms with Gasteiger partial charge in [-0.15, -0.1) is 0 Å². The summed E-state index contributed by atoms with van der Waals surface area (Å²) in [7, 11) is 3.27. The molecule has 0 aliphatic rings. The quantitative estimate of drug-likeness (QED) is 0.745. The topological polar surface area (TPSA) is 65.4 Å². The van der Waals surface area contributed by atoms with E-state index in [1.165, 1.54) is 0 Å². The molecule has 0 unspecified atom stereocenters. The third-order valence-corrected chi connectivity index (χ3v) is 3.16. The predicted molar refractivity (Wildman–Crippen MR) is 79.9 cm³/mol. The van der Waals surface area contributed by atoms with E-state index in [4.69, 9.17) is 9.47 Å². The monoisotopic (exact) mass is 291 g/mol. The molecule has 1 amide bonds. The summed E-state index contributed by atoms with van der Waals surface area (Å²) in [6, 6.07) is 7.76. The average molecular weight is 291 g/mol. The zero-order chi connectivity index (χ0) is 15.1. The highest BCUT2D eigenvalue weighted by Crippen LogP contribution is 2.16. The number of carbonyl (C=O) groups is 1. The van der Waals surface area contributed by atoms with E-state index in [1.54, 1.807) is 14.2 Å². The lowest BCUT2D eigenvalue weighted by atomic mass is 10.3. The van der Waals surface area contributed by atoms with Crippen molar-refractivity contribution in [1.82, 2.24) is 14.9 Å². The van der Waals surface area contributed by atoms with E-state index in [0.29, 0.717) is 19.8 Å². The number of para-hydroxylation sites is 2. The molecule has 2 rings (SSSR count). The zero-order valence-electron chi connectivity index (χ0n) is 12.5. The van der Waals surface area contributed by atoms with Gasteiger partial charge in [0.2, 0.25) is 5.91 Å². The number of aromatic nitrogens is 2. The van der Waals surface area contributed by atoms with Gasteiger partial charge < -0.3 is 19.4 Å². The van der Waals surface area contributed by atoms with Crippen molar-refractivity contribution in [3.63, 3.8) is 0 Å². The van der Waals surface area contributed by atoms with E-state index in [0.717, 1.165) is 23.3 Å². The standard InChI is InChI=1S/C15H21N3O3/c1-20-9-5-8-16-15(19)10-18-13-7-4-3-6-12(13)17-14(18)11-21-2/h3-4,6-7H,5,8-11H2,1-2H3,(H,16,19). The van der Waals surface area contributed by atoms with Crippen molar-refractivity contribution in [2.45, 2.75) is 19.6 Å². The first kappa shape index (κ1) is 15.5. The van der Waals surface area contributed by atoms with Crippen LogP contribution in [0.2, 0.25) is 0 Å². The lowest BCUT2D eigenvalue weighted by molar-refractivity contribution is -0.121. The SMILES string of the molecule is COCCCNC(=O)Cn1c(COC)nc2ccccc21. The van der Waals surface area contributed by atoms with Crippen LogP contribution < -0.4 is 5.32 Å². The van der Waals surface area contributed by atoms with Gasteiger partial charge in [0.25, 0.3) is 0 Å². The van der Waals surface area contributed by atoms with Crippen molar-refractivity contribution in [1.29, 1.82) is 0 Å². The maximum atomic E-state index is 12.0. The maximum Gasteiger partial charge on any atom is 0.240 e. The Labute approximate surface area is 124 Å². The highest BCUT2D eigenvalue weighted by atomic mass is 16.5. The summed E-state index contributed by atoms with van der Waals surface area (Å²) in [5.74, 6) is 0.720. The Bertz CT molecular complexity index is 595. The third-order valence-electron chi connectivity index (χ3n) is 3.16. The predicted octanol–water partition coefficient (Wildman–Crippen LogP) is 1.34. The first-order valence-corrected chi connectivity index (χ1v) is 6.95. The Morgan fingerprint density at radius 2 is 2.10 bits per heavy atom. The number of carbonyl (C=O) groups excluding carboxylic acids is 1. The van der Waals surface area contributed by atoms with Crippen LogP contribution in [0.15, 0.2) is 24.3 Å². The minimum atomic E-state index is -0.0355. The molecule has 21 heavy (non-hydrogen) atoms. The summed E-state index contributed by atoms with van der Waals surface area (Å²) in [5, 5.41) is 2.88. The number of imidazole rings is 1. The molecular formula is C15H21N3O3. The minimum absolute atomic E-state index is 0.0355. The molecule has 0 aliphatic heterocycles. The highest BCUT2D eigenvalue weighted by molar-refractivity contribution is 5.81. The number of hydrogen-bond donors (Lipinski definition) is 1. The zero-order valence-corrected chi connectivity index (χ0v) is 12.5. The molecule has 6 heteroatoms. The number of nitrogens with one attached hydrogen (secondary N) is 1. The molecule has 1 heterocycles. The lowest BCUT2D eigenvalue weighted by Crippen LogP contribution is -2.29. The number of nitrogens with zero attached hydrogens (tertiary/aromatic N) is 2. The summed E-state index contributed by atoms with van der Waals surface area (Å²) < 4.78 is 12.0. The normalized spacial score (nSPS) is 11.0. The number of amides is 1. The summed E-state index contributed by atoms with van der Waals surface area (Å²) in [4.78, 5) is 16.5. The van der Waals surface area contributed by atoms with Gasteiger partial charge in [-0.2, -0.15) is 0 Å². The molecule has 1 N–H and O–H groups in total. The second kappa shape index (κ2) is 7.75. The second-order valence-corrected chi connectivity index (χ2v) is 4.73. The van der Waals surface area contributed by atoms with E-state index >= 15 is 0 Å². The van der Waals surface area contributed by atoms with Crippen LogP contribution in [0, 0.1) is 0 Å². The van der Waals surface area contributed by atoms with Crippen LogP contribution in [0.5, 0.6) is 0 Å². The number of fused-ring (bicyclic) bond motifs is 1. The van der Waals surface area contributed by atoms with Gasteiger partial charge in [0.05, 0.1) is 11.0 Å². The molecule has 1 aromatic heterocycles. The van der Waals surface area contributed by atoms with Crippen LogP contribution in [-0.4, -0.2) is 42.8 Å². The van der Waals surface area contributed by atoms with Crippen molar-refractivity contribution in [2.24, 2.45) is 0 Å². The Balaban J connectivity index is 2.08. The number of hydrogen-bond acceptors (Lipinski definition) is 4. The fraction of sp³-hybridized carbons (Fsp3) is 0.467. The molecular weight excluding hydrogens is 270 g/mol. The van der Waals surface area contributed by atoms with E-state index in [9.17, 15) is 4.79 Å². The molecule has 2 aromatic rings. The number of methoxy groups -OCH3 is 2. The lowest BCUT2D eigenvalue weighted by Gasteiger charge is -2.09. The van der Waals surface area contributed by atoms with Gasteiger partial charge in [-0.1, -0.05) is 12.1 Å². The fourth-order valence-electron chi connectivity index (χ4n) is 2.18. The molecule has 0 radical (unpaired) electrons. The molecule has 0 spiro atoms. The largest absolute Gasteiger partial charge is 0.385 e. The molecule has 1 aromatic carbocycles. The summed E-state index contributed by atoms with van der Waals surface area (Å²) >= 11 is 0. The van der Waals surface area contributed by atoms with Gasteiger partial charge in [-0.05, 0) is 18.6 Å². The number of rotatable bonds is 8. The average Bonchev–Trinajstić information content (AvgIpc) is 2.82. The molecule has 0 bridgehead atoms. The van der Waals surface area contributed by atoms with E-state index < -0.39 is 0 Å². The smallest absolute Gasteiger partial charge is 0.240 e. The van der Waals surface area contributed by atoms with Crippen molar-refractivity contribution in [3.8, 4) is 0 Å². The summed E-state index contributed by atoms with van der Waals surface area (Å²) in [5.41, 5.74) is 1.81. The molecule has 114 valence electrons. The number of benzene rings is 1.